The van der Waals surface area contributed by atoms with Crippen LogP contribution in [0.5, 0.6) is 0 Å². The van der Waals surface area contributed by atoms with Gasteiger partial charge in [0.15, 0.2) is 0 Å². The van der Waals surface area contributed by atoms with Crippen molar-refractivity contribution in [3.05, 3.63) is 41.3 Å². The van der Waals surface area contributed by atoms with Gasteiger partial charge in [-0.1, -0.05) is 0 Å². The Morgan fingerprint density at radius 2 is 2.26 bits per heavy atom. The first-order chi connectivity index (χ1) is 11.1. The Kier molecular flexibility index (Phi) is 4.12. The number of nitrogens with one attached hydrogen (secondary N) is 3. The van der Waals surface area contributed by atoms with E-state index >= 15 is 0 Å². The van der Waals surface area contributed by atoms with Crippen LogP contribution in [-0.4, -0.2) is 41.6 Å². The minimum Gasteiger partial charge on any atom is -0.395 e. The summed E-state index contributed by atoms with van der Waals surface area (Å²) in [7, 11) is 0. The van der Waals surface area contributed by atoms with Crippen LogP contribution in [0.4, 0.5) is 4.39 Å². The highest BCUT2D eigenvalue weighted by molar-refractivity contribution is 6.10. The van der Waals surface area contributed by atoms with E-state index in [-0.39, 0.29) is 25.0 Å². The van der Waals surface area contributed by atoms with Gasteiger partial charge in [-0.15, -0.1) is 0 Å². The van der Waals surface area contributed by atoms with Gasteiger partial charge in [0.2, 0.25) is 5.91 Å². The van der Waals surface area contributed by atoms with Crippen LogP contribution >= 0.6 is 0 Å². The molecule has 0 aliphatic carbocycles. The number of carbonyl (C=O) groups excluding carboxylic acids is 2. The number of halogens is 1. The maximum atomic E-state index is 13.6. The fourth-order valence-corrected chi connectivity index (χ4v) is 2.72. The van der Waals surface area contributed by atoms with Crippen molar-refractivity contribution < 1.29 is 19.1 Å². The van der Waals surface area contributed by atoms with Gasteiger partial charge in [0.25, 0.3) is 5.91 Å². The molecule has 23 heavy (non-hydrogen) atoms. The highest BCUT2D eigenvalue weighted by Crippen LogP contribution is 2.32. The zero-order chi connectivity index (χ0) is 16.4. The largest absolute Gasteiger partial charge is 0.395 e. The SMILES string of the molecule is O=C(C=C1CCNC(=O)c2[nH]c3ccc(F)cc3c21)NCCO. The van der Waals surface area contributed by atoms with E-state index in [4.69, 9.17) is 5.11 Å². The highest BCUT2D eigenvalue weighted by Gasteiger charge is 2.24. The number of amides is 2. The van der Waals surface area contributed by atoms with Crippen molar-refractivity contribution in [2.24, 2.45) is 0 Å². The molecule has 0 radical (unpaired) electrons. The lowest BCUT2D eigenvalue weighted by Crippen LogP contribution is -2.24. The number of aliphatic hydroxyl groups excluding tert-OH is 1. The lowest BCUT2D eigenvalue weighted by atomic mass is 9.99. The first-order valence-corrected chi connectivity index (χ1v) is 7.29. The average molecular weight is 317 g/mol. The maximum absolute atomic E-state index is 13.6. The van der Waals surface area contributed by atoms with Crippen molar-refractivity contribution in [3.63, 3.8) is 0 Å². The summed E-state index contributed by atoms with van der Waals surface area (Å²) in [6.07, 6.45) is 1.85. The third kappa shape index (κ3) is 2.95. The Balaban J connectivity index is 2.13. The fraction of sp³-hybridized carbons (Fsp3) is 0.250. The number of benzene rings is 1. The molecule has 0 bridgehead atoms. The molecular formula is C16H16FN3O3. The monoisotopic (exact) mass is 317 g/mol. The van der Waals surface area contributed by atoms with E-state index in [0.29, 0.717) is 40.7 Å². The molecule has 0 saturated heterocycles. The van der Waals surface area contributed by atoms with Crippen molar-refractivity contribution >= 4 is 28.3 Å². The maximum Gasteiger partial charge on any atom is 0.268 e. The van der Waals surface area contributed by atoms with Crippen molar-refractivity contribution in [1.82, 2.24) is 15.6 Å². The van der Waals surface area contributed by atoms with Crippen molar-refractivity contribution in [2.75, 3.05) is 19.7 Å². The van der Waals surface area contributed by atoms with Gasteiger partial charge in [-0.2, -0.15) is 0 Å². The summed E-state index contributed by atoms with van der Waals surface area (Å²) >= 11 is 0. The third-order valence-electron chi connectivity index (χ3n) is 3.71. The molecule has 120 valence electrons. The molecule has 3 rings (SSSR count). The quantitative estimate of drug-likeness (QED) is 0.634. The van der Waals surface area contributed by atoms with E-state index in [9.17, 15) is 14.0 Å². The van der Waals surface area contributed by atoms with Crippen LogP contribution in [0.25, 0.3) is 16.5 Å². The highest BCUT2D eigenvalue weighted by atomic mass is 19.1. The van der Waals surface area contributed by atoms with Crippen LogP contribution in [0, 0.1) is 5.82 Å². The Morgan fingerprint density at radius 3 is 3.04 bits per heavy atom. The molecule has 0 spiro atoms. The second-order valence-electron chi connectivity index (χ2n) is 5.26. The molecule has 0 saturated carbocycles. The lowest BCUT2D eigenvalue weighted by molar-refractivity contribution is -0.116. The normalized spacial score (nSPS) is 16.1. The second-order valence-corrected chi connectivity index (χ2v) is 5.26. The van der Waals surface area contributed by atoms with E-state index < -0.39 is 5.82 Å². The standard InChI is InChI=1S/C16H16FN3O3/c17-10-1-2-12-11(8-10)14-9(7-13(22)18-5-6-21)3-4-19-16(23)15(14)20-12/h1-2,7-8,20-21H,3-6H2,(H,18,22)(H,19,23). The van der Waals surface area contributed by atoms with E-state index in [1.54, 1.807) is 6.07 Å². The zero-order valence-electron chi connectivity index (χ0n) is 12.3. The van der Waals surface area contributed by atoms with Gasteiger partial charge in [-0.05, 0) is 30.2 Å². The van der Waals surface area contributed by atoms with Crippen molar-refractivity contribution in [1.29, 1.82) is 0 Å². The minimum absolute atomic E-state index is 0.148. The van der Waals surface area contributed by atoms with Gasteiger partial charge >= 0.3 is 0 Å². The molecule has 1 aromatic heterocycles. The van der Waals surface area contributed by atoms with Crippen LogP contribution in [0.2, 0.25) is 0 Å². The number of hydrogen-bond donors (Lipinski definition) is 4. The Hall–Kier alpha value is -2.67. The molecule has 6 nitrogen and oxygen atoms in total. The van der Waals surface area contributed by atoms with E-state index in [0.717, 1.165) is 0 Å². The average Bonchev–Trinajstić information content (AvgIpc) is 2.83. The number of rotatable bonds is 3. The first kappa shape index (κ1) is 15.2. The molecule has 0 unspecified atom stereocenters. The molecular weight excluding hydrogens is 301 g/mol. The second kappa shape index (κ2) is 6.21. The Labute approximate surface area is 131 Å². The van der Waals surface area contributed by atoms with E-state index in [2.05, 4.69) is 15.6 Å². The smallest absolute Gasteiger partial charge is 0.268 e. The Bertz CT molecular complexity index is 810. The number of aliphatic hydroxyl groups is 1. The summed E-state index contributed by atoms with van der Waals surface area (Å²) in [5, 5.41) is 14.6. The number of carbonyl (C=O) groups is 2. The van der Waals surface area contributed by atoms with Gasteiger partial charge in [0, 0.05) is 35.6 Å². The summed E-state index contributed by atoms with van der Waals surface area (Å²) in [5.74, 6) is -1.05. The lowest BCUT2D eigenvalue weighted by Gasteiger charge is -2.05. The number of aromatic amines is 1. The molecule has 4 N–H and O–H groups in total. The van der Waals surface area contributed by atoms with Crippen molar-refractivity contribution in [3.8, 4) is 0 Å². The van der Waals surface area contributed by atoms with E-state index in [1.165, 1.54) is 18.2 Å². The summed E-state index contributed by atoms with van der Waals surface area (Å²) in [5.41, 5.74) is 2.15. The van der Waals surface area contributed by atoms with E-state index in [1.807, 2.05) is 0 Å². The molecule has 2 heterocycles. The molecule has 2 aromatic rings. The van der Waals surface area contributed by atoms with Gasteiger partial charge in [-0.25, -0.2) is 4.39 Å². The molecule has 1 aromatic carbocycles. The topological polar surface area (TPSA) is 94.2 Å². The number of H-pyrrole nitrogens is 1. The number of aromatic nitrogens is 1. The summed E-state index contributed by atoms with van der Waals surface area (Å²) in [6.45, 7) is 0.380. The third-order valence-corrected chi connectivity index (χ3v) is 3.71. The molecule has 0 atom stereocenters. The van der Waals surface area contributed by atoms with Gasteiger partial charge in [0.1, 0.15) is 11.5 Å². The van der Waals surface area contributed by atoms with Crippen LogP contribution < -0.4 is 10.6 Å². The molecule has 1 aliphatic heterocycles. The van der Waals surface area contributed by atoms with Gasteiger partial charge < -0.3 is 20.7 Å². The van der Waals surface area contributed by atoms with Crippen LogP contribution in [0.15, 0.2) is 24.3 Å². The minimum atomic E-state index is -0.409. The van der Waals surface area contributed by atoms with Crippen LogP contribution in [0.3, 0.4) is 0 Å². The molecule has 1 aliphatic rings. The zero-order valence-corrected chi connectivity index (χ0v) is 12.3. The number of hydrogen-bond acceptors (Lipinski definition) is 3. The van der Waals surface area contributed by atoms with Crippen LogP contribution in [-0.2, 0) is 4.79 Å². The van der Waals surface area contributed by atoms with Crippen LogP contribution in [0.1, 0.15) is 22.5 Å². The van der Waals surface area contributed by atoms with Crippen molar-refractivity contribution in [2.45, 2.75) is 6.42 Å². The summed E-state index contributed by atoms with van der Waals surface area (Å²) in [6, 6.07) is 4.23. The molecule has 0 fully saturated rings. The first-order valence-electron chi connectivity index (χ1n) is 7.29. The number of fused-ring (bicyclic) bond motifs is 3. The Morgan fingerprint density at radius 1 is 1.43 bits per heavy atom. The molecule has 2 amide bonds. The van der Waals surface area contributed by atoms with Gasteiger partial charge in [0.05, 0.1) is 6.61 Å². The predicted octanol–water partition coefficient (Wildman–Crippen LogP) is 0.932. The molecule has 7 heteroatoms. The van der Waals surface area contributed by atoms with Gasteiger partial charge in [-0.3, -0.25) is 9.59 Å². The predicted molar refractivity (Wildman–Crippen MR) is 83.3 cm³/mol. The summed E-state index contributed by atoms with van der Waals surface area (Å²) in [4.78, 5) is 27.1. The fourth-order valence-electron chi connectivity index (χ4n) is 2.72. The summed E-state index contributed by atoms with van der Waals surface area (Å²) < 4.78 is 13.6.